The van der Waals surface area contributed by atoms with Crippen molar-refractivity contribution in [2.75, 3.05) is 0 Å². The van der Waals surface area contributed by atoms with E-state index < -0.39 is 27.9 Å². The van der Waals surface area contributed by atoms with Gasteiger partial charge in [0, 0.05) is 11.6 Å². The number of carbonyl (C=O) groups excluding carboxylic acids is 1. The van der Waals surface area contributed by atoms with Crippen molar-refractivity contribution in [1.29, 1.82) is 0 Å². The van der Waals surface area contributed by atoms with E-state index in [1.165, 1.54) is 24.3 Å². The number of aliphatic carboxylic acids is 1. The van der Waals surface area contributed by atoms with Crippen LogP contribution >= 0.6 is 0 Å². The molecule has 1 aliphatic rings. The van der Waals surface area contributed by atoms with Crippen LogP contribution in [-0.2, 0) is 14.8 Å². The highest BCUT2D eigenvalue weighted by Crippen LogP contribution is 2.20. The summed E-state index contributed by atoms with van der Waals surface area (Å²) in [6, 6.07) is 4.54. The second-order valence-electron chi connectivity index (χ2n) is 5.90. The number of nitrogens with one attached hydrogen (secondary N) is 2. The Labute approximate surface area is 141 Å². The highest BCUT2D eigenvalue weighted by atomic mass is 32.2. The van der Waals surface area contributed by atoms with Gasteiger partial charge in [-0.2, -0.15) is 0 Å². The van der Waals surface area contributed by atoms with Crippen LogP contribution in [-0.4, -0.2) is 37.5 Å². The summed E-state index contributed by atoms with van der Waals surface area (Å²) in [7, 11) is -3.70. The van der Waals surface area contributed by atoms with Crippen molar-refractivity contribution in [3.05, 3.63) is 29.8 Å². The first-order valence-electron chi connectivity index (χ1n) is 7.99. The first-order chi connectivity index (χ1) is 11.3. The maximum absolute atomic E-state index is 12.4. The smallest absolute Gasteiger partial charge is 0.326 e. The number of benzene rings is 1. The molecule has 0 radical (unpaired) electrons. The van der Waals surface area contributed by atoms with Crippen LogP contribution in [0.5, 0.6) is 0 Å². The first-order valence-corrected chi connectivity index (χ1v) is 9.48. The fourth-order valence-corrected chi connectivity index (χ4v) is 4.07. The minimum Gasteiger partial charge on any atom is -0.480 e. The van der Waals surface area contributed by atoms with Gasteiger partial charge in [-0.25, -0.2) is 17.9 Å². The zero-order valence-electron chi connectivity index (χ0n) is 13.5. The lowest BCUT2D eigenvalue weighted by molar-refractivity contribution is -0.139. The van der Waals surface area contributed by atoms with Crippen LogP contribution in [0.4, 0.5) is 0 Å². The fraction of sp³-hybridized carbons (Fsp3) is 0.500. The van der Waals surface area contributed by atoms with E-state index in [0.717, 1.165) is 25.7 Å². The van der Waals surface area contributed by atoms with Crippen LogP contribution in [0.2, 0.25) is 0 Å². The molecule has 1 fully saturated rings. The predicted molar refractivity (Wildman–Crippen MR) is 88.2 cm³/mol. The Balaban J connectivity index is 2.15. The average Bonchev–Trinajstić information content (AvgIpc) is 3.04. The lowest BCUT2D eigenvalue weighted by atomic mass is 10.1. The highest BCUT2D eigenvalue weighted by Gasteiger charge is 2.24. The van der Waals surface area contributed by atoms with Gasteiger partial charge in [0.25, 0.3) is 5.91 Å². The number of amides is 1. The van der Waals surface area contributed by atoms with Crippen molar-refractivity contribution in [3.63, 3.8) is 0 Å². The number of hydrogen-bond donors (Lipinski definition) is 3. The van der Waals surface area contributed by atoms with Gasteiger partial charge in [0.05, 0.1) is 4.90 Å². The number of sulfonamides is 1. The number of carboxylic acids is 1. The van der Waals surface area contributed by atoms with Gasteiger partial charge in [0.1, 0.15) is 6.04 Å². The molecule has 0 bridgehead atoms. The second kappa shape index (κ2) is 7.76. The lowest BCUT2D eigenvalue weighted by Gasteiger charge is -2.14. The summed E-state index contributed by atoms with van der Waals surface area (Å²) in [6.07, 6.45) is 3.88. The van der Waals surface area contributed by atoms with Gasteiger partial charge >= 0.3 is 5.97 Å². The molecule has 0 saturated heterocycles. The third-order valence-corrected chi connectivity index (χ3v) is 5.61. The standard InChI is InChI=1S/C16H22N2O5S/c1-2-14(16(20)21)17-15(19)11-6-5-9-13(10-11)24(22,23)18-12-7-3-4-8-12/h5-6,9-10,12,14,18H,2-4,7-8H2,1H3,(H,17,19)(H,20,21). The van der Waals surface area contributed by atoms with E-state index in [9.17, 15) is 18.0 Å². The van der Waals surface area contributed by atoms with Gasteiger partial charge in [-0.1, -0.05) is 25.8 Å². The van der Waals surface area contributed by atoms with Crippen molar-refractivity contribution in [2.24, 2.45) is 0 Å². The third kappa shape index (κ3) is 4.55. The second-order valence-corrected chi connectivity index (χ2v) is 7.62. The molecule has 2 rings (SSSR count). The summed E-state index contributed by atoms with van der Waals surface area (Å²) in [5.41, 5.74) is 0.115. The quantitative estimate of drug-likeness (QED) is 0.687. The van der Waals surface area contributed by atoms with Gasteiger partial charge in [-0.15, -0.1) is 0 Å². The number of carboxylic acid groups (broad SMARTS) is 1. The van der Waals surface area contributed by atoms with Gasteiger partial charge in [0.2, 0.25) is 10.0 Å². The summed E-state index contributed by atoms with van der Waals surface area (Å²) < 4.78 is 27.5. The lowest BCUT2D eigenvalue weighted by Crippen LogP contribution is -2.40. The monoisotopic (exact) mass is 354 g/mol. The van der Waals surface area contributed by atoms with Crippen molar-refractivity contribution < 1.29 is 23.1 Å². The van der Waals surface area contributed by atoms with E-state index in [1.54, 1.807) is 6.92 Å². The summed E-state index contributed by atoms with van der Waals surface area (Å²) in [4.78, 5) is 23.2. The molecule has 0 spiro atoms. The zero-order valence-corrected chi connectivity index (χ0v) is 14.3. The Morgan fingerprint density at radius 1 is 1.29 bits per heavy atom. The first kappa shape index (κ1) is 18.4. The summed E-state index contributed by atoms with van der Waals surface area (Å²) in [5.74, 6) is -1.74. The normalized spacial score (nSPS) is 16.7. The Morgan fingerprint density at radius 3 is 2.54 bits per heavy atom. The number of rotatable bonds is 7. The van der Waals surface area contributed by atoms with Gasteiger partial charge in [-0.3, -0.25) is 4.79 Å². The molecule has 0 aliphatic heterocycles. The maximum Gasteiger partial charge on any atom is 0.326 e. The molecule has 1 aromatic carbocycles. The maximum atomic E-state index is 12.4. The minimum absolute atomic E-state index is 0.00502. The Bertz CT molecular complexity index is 711. The molecule has 24 heavy (non-hydrogen) atoms. The number of carbonyl (C=O) groups is 2. The van der Waals surface area contributed by atoms with Gasteiger partial charge in [0.15, 0.2) is 0 Å². The van der Waals surface area contributed by atoms with Crippen LogP contribution in [0.3, 0.4) is 0 Å². The summed E-state index contributed by atoms with van der Waals surface area (Å²) >= 11 is 0. The largest absolute Gasteiger partial charge is 0.480 e. The summed E-state index contributed by atoms with van der Waals surface area (Å²) in [6.45, 7) is 1.64. The fourth-order valence-electron chi connectivity index (χ4n) is 2.72. The van der Waals surface area contributed by atoms with Crippen molar-refractivity contribution in [1.82, 2.24) is 10.0 Å². The van der Waals surface area contributed by atoms with Gasteiger partial charge < -0.3 is 10.4 Å². The van der Waals surface area contributed by atoms with E-state index in [0.29, 0.717) is 0 Å². The molecule has 132 valence electrons. The summed E-state index contributed by atoms with van der Waals surface area (Å²) in [5, 5.41) is 11.4. The Morgan fingerprint density at radius 2 is 1.96 bits per heavy atom. The van der Waals surface area contributed by atoms with Gasteiger partial charge in [-0.05, 0) is 37.5 Å². The molecule has 8 heteroatoms. The third-order valence-electron chi connectivity index (χ3n) is 4.10. The molecule has 7 nitrogen and oxygen atoms in total. The van der Waals surface area contributed by atoms with E-state index in [2.05, 4.69) is 10.0 Å². The highest BCUT2D eigenvalue weighted by molar-refractivity contribution is 7.89. The van der Waals surface area contributed by atoms with E-state index in [4.69, 9.17) is 5.11 Å². The van der Waals surface area contributed by atoms with Crippen molar-refractivity contribution in [2.45, 2.75) is 56.0 Å². The molecule has 0 heterocycles. The van der Waals surface area contributed by atoms with E-state index in [-0.39, 0.29) is 22.9 Å². The predicted octanol–water partition coefficient (Wildman–Crippen LogP) is 1.50. The van der Waals surface area contributed by atoms with Crippen LogP contribution in [0, 0.1) is 0 Å². The van der Waals surface area contributed by atoms with Crippen LogP contribution in [0.25, 0.3) is 0 Å². The zero-order chi connectivity index (χ0) is 17.7. The molecule has 1 unspecified atom stereocenters. The molecule has 1 aliphatic carbocycles. The molecule has 1 amide bonds. The Hall–Kier alpha value is -1.93. The van der Waals surface area contributed by atoms with Crippen molar-refractivity contribution in [3.8, 4) is 0 Å². The molecular formula is C16H22N2O5S. The van der Waals surface area contributed by atoms with Crippen LogP contribution in [0.15, 0.2) is 29.2 Å². The van der Waals surface area contributed by atoms with Crippen LogP contribution < -0.4 is 10.0 Å². The topological polar surface area (TPSA) is 113 Å². The minimum atomic E-state index is -3.70. The number of hydrogen-bond acceptors (Lipinski definition) is 4. The SMILES string of the molecule is CCC(NC(=O)c1cccc(S(=O)(=O)NC2CCCC2)c1)C(=O)O. The Kier molecular flexibility index (Phi) is 5.95. The average molecular weight is 354 g/mol. The molecule has 3 N–H and O–H groups in total. The van der Waals surface area contributed by atoms with E-state index >= 15 is 0 Å². The molecule has 1 atom stereocenters. The molecular weight excluding hydrogens is 332 g/mol. The molecule has 0 aromatic heterocycles. The molecule has 1 saturated carbocycles. The molecule has 1 aromatic rings. The van der Waals surface area contributed by atoms with Crippen molar-refractivity contribution >= 4 is 21.9 Å². The van der Waals surface area contributed by atoms with Crippen LogP contribution in [0.1, 0.15) is 49.4 Å². The van der Waals surface area contributed by atoms with E-state index in [1.807, 2.05) is 0 Å².